The number of likely N-dealkylation sites (tertiary alicyclic amines) is 1. The van der Waals surface area contributed by atoms with Crippen molar-refractivity contribution in [1.82, 2.24) is 4.90 Å². The molecule has 0 unspecified atom stereocenters. The molecule has 0 bridgehead atoms. The number of sulfonamides is 1. The Kier molecular flexibility index (Phi) is 5.25. The summed E-state index contributed by atoms with van der Waals surface area (Å²) in [4.78, 5) is 14.2. The number of rotatable bonds is 4. The molecule has 1 aliphatic rings. The fraction of sp³-hybridized carbons (Fsp3) is 0.316. The van der Waals surface area contributed by atoms with Crippen LogP contribution in [0.25, 0.3) is 0 Å². The molecule has 26 heavy (non-hydrogen) atoms. The molecule has 1 heterocycles. The van der Waals surface area contributed by atoms with Crippen LogP contribution in [0.5, 0.6) is 0 Å². The zero-order valence-corrected chi connectivity index (χ0v) is 16.3. The highest BCUT2D eigenvalue weighted by Gasteiger charge is 2.24. The van der Waals surface area contributed by atoms with E-state index in [2.05, 4.69) is 4.72 Å². The molecule has 7 heteroatoms. The Bertz CT molecular complexity index is 951. The van der Waals surface area contributed by atoms with Crippen molar-refractivity contribution in [2.75, 3.05) is 17.8 Å². The van der Waals surface area contributed by atoms with E-state index in [0.717, 1.165) is 24.0 Å². The molecule has 0 spiro atoms. The Morgan fingerprint density at radius 2 is 1.81 bits per heavy atom. The number of hydrogen-bond acceptors (Lipinski definition) is 3. The third-order valence-corrected chi connectivity index (χ3v) is 6.56. The van der Waals surface area contributed by atoms with Crippen LogP contribution in [0.3, 0.4) is 0 Å². The van der Waals surface area contributed by atoms with E-state index in [1.807, 2.05) is 19.9 Å². The summed E-state index contributed by atoms with van der Waals surface area (Å²) < 4.78 is 28.3. The third-order valence-electron chi connectivity index (χ3n) is 4.71. The average Bonchev–Trinajstić information content (AvgIpc) is 3.13. The number of carbonyl (C=O) groups is 1. The van der Waals surface area contributed by atoms with Crippen LogP contribution in [-0.4, -0.2) is 32.3 Å². The molecule has 1 amide bonds. The van der Waals surface area contributed by atoms with Gasteiger partial charge in [0.15, 0.2) is 0 Å². The van der Waals surface area contributed by atoms with Gasteiger partial charge in [0.25, 0.3) is 15.9 Å². The maximum absolute atomic E-state index is 12.9. The summed E-state index contributed by atoms with van der Waals surface area (Å²) in [6, 6.07) is 9.79. The van der Waals surface area contributed by atoms with Crippen molar-refractivity contribution in [3.63, 3.8) is 0 Å². The number of amides is 1. The maximum Gasteiger partial charge on any atom is 0.263 e. The number of benzene rings is 2. The summed E-state index contributed by atoms with van der Waals surface area (Å²) in [5.41, 5.74) is 2.65. The van der Waals surface area contributed by atoms with E-state index in [-0.39, 0.29) is 15.8 Å². The zero-order chi connectivity index (χ0) is 18.9. The van der Waals surface area contributed by atoms with Gasteiger partial charge in [0.2, 0.25) is 0 Å². The van der Waals surface area contributed by atoms with Gasteiger partial charge in [-0.25, -0.2) is 8.42 Å². The van der Waals surface area contributed by atoms with Crippen molar-refractivity contribution in [3.05, 3.63) is 58.1 Å². The summed E-state index contributed by atoms with van der Waals surface area (Å²) in [5, 5.41) is 0.0841. The van der Waals surface area contributed by atoms with Gasteiger partial charge in [-0.05, 0) is 62.1 Å². The van der Waals surface area contributed by atoms with Crippen LogP contribution in [-0.2, 0) is 10.0 Å². The van der Waals surface area contributed by atoms with Crippen molar-refractivity contribution in [2.45, 2.75) is 31.6 Å². The molecule has 0 saturated carbocycles. The number of nitrogens with zero attached hydrogens (tertiary/aromatic N) is 1. The maximum atomic E-state index is 12.9. The second-order valence-corrected chi connectivity index (χ2v) is 8.56. The van der Waals surface area contributed by atoms with Crippen LogP contribution in [0.2, 0.25) is 5.02 Å². The summed E-state index contributed by atoms with van der Waals surface area (Å²) in [7, 11) is -3.92. The molecule has 0 atom stereocenters. The lowest BCUT2D eigenvalue weighted by molar-refractivity contribution is 0.0792. The van der Waals surface area contributed by atoms with E-state index in [1.165, 1.54) is 12.1 Å². The van der Waals surface area contributed by atoms with Crippen molar-refractivity contribution < 1.29 is 13.2 Å². The number of halogens is 1. The van der Waals surface area contributed by atoms with Gasteiger partial charge in [0.05, 0.1) is 10.7 Å². The number of hydrogen-bond donors (Lipinski definition) is 1. The van der Waals surface area contributed by atoms with Gasteiger partial charge in [-0.15, -0.1) is 0 Å². The summed E-state index contributed by atoms with van der Waals surface area (Å²) >= 11 is 6.14. The lowest BCUT2D eigenvalue weighted by Gasteiger charge is -2.17. The second kappa shape index (κ2) is 7.29. The minimum atomic E-state index is -3.92. The van der Waals surface area contributed by atoms with Crippen LogP contribution in [0, 0.1) is 13.8 Å². The molecule has 1 aliphatic heterocycles. The second-order valence-electron chi connectivity index (χ2n) is 6.50. The zero-order valence-electron chi connectivity index (χ0n) is 14.8. The molecule has 1 saturated heterocycles. The van der Waals surface area contributed by atoms with Crippen molar-refractivity contribution >= 4 is 33.2 Å². The van der Waals surface area contributed by atoms with E-state index in [9.17, 15) is 13.2 Å². The highest BCUT2D eigenvalue weighted by molar-refractivity contribution is 7.92. The average molecular weight is 393 g/mol. The number of nitrogens with one attached hydrogen (secondary N) is 1. The van der Waals surface area contributed by atoms with E-state index in [4.69, 9.17) is 11.6 Å². The third kappa shape index (κ3) is 3.71. The van der Waals surface area contributed by atoms with Crippen LogP contribution in [0.1, 0.15) is 34.3 Å². The largest absolute Gasteiger partial charge is 0.339 e. The first-order chi connectivity index (χ1) is 12.3. The van der Waals surface area contributed by atoms with Gasteiger partial charge in [-0.2, -0.15) is 0 Å². The van der Waals surface area contributed by atoms with E-state index in [0.29, 0.717) is 24.3 Å². The van der Waals surface area contributed by atoms with Gasteiger partial charge >= 0.3 is 0 Å². The molecule has 1 N–H and O–H groups in total. The van der Waals surface area contributed by atoms with E-state index in [1.54, 1.807) is 23.1 Å². The molecule has 2 aromatic rings. The summed E-state index contributed by atoms with van der Waals surface area (Å²) in [6.07, 6.45) is 1.94. The van der Waals surface area contributed by atoms with Crippen molar-refractivity contribution in [2.24, 2.45) is 0 Å². The molecule has 0 aliphatic carbocycles. The minimum absolute atomic E-state index is 0.0841. The smallest absolute Gasteiger partial charge is 0.263 e. The molecular formula is C19H21ClN2O3S. The SMILES string of the molecule is Cc1cccc(NS(=O)(=O)c2cc(C(=O)N3CCCC3)ccc2Cl)c1C. The Balaban J connectivity index is 1.95. The van der Waals surface area contributed by atoms with Gasteiger partial charge in [-0.1, -0.05) is 23.7 Å². The first kappa shape index (κ1) is 18.7. The first-order valence-electron chi connectivity index (χ1n) is 8.47. The Morgan fingerprint density at radius 1 is 1.12 bits per heavy atom. The highest BCUT2D eigenvalue weighted by Crippen LogP contribution is 2.28. The van der Waals surface area contributed by atoms with Crippen LogP contribution in [0.4, 0.5) is 5.69 Å². The van der Waals surface area contributed by atoms with Gasteiger partial charge < -0.3 is 4.90 Å². The minimum Gasteiger partial charge on any atom is -0.339 e. The topological polar surface area (TPSA) is 66.5 Å². The molecule has 5 nitrogen and oxygen atoms in total. The number of aryl methyl sites for hydroxylation is 1. The Hall–Kier alpha value is -2.05. The quantitative estimate of drug-likeness (QED) is 0.855. The van der Waals surface area contributed by atoms with Crippen LogP contribution in [0.15, 0.2) is 41.3 Å². The molecule has 0 aromatic heterocycles. The van der Waals surface area contributed by atoms with Crippen LogP contribution >= 0.6 is 11.6 Å². The van der Waals surface area contributed by atoms with E-state index >= 15 is 0 Å². The summed E-state index contributed by atoms with van der Waals surface area (Å²) in [5.74, 6) is -0.164. The normalized spacial score (nSPS) is 14.5. The predicted octanol–water partition coefficient (Wildman–Crippen LogP) is 3.99. The Labute approximate surface area is 159 Å². The molecule has 138 valence electrons. The predicted molar refractivity (Wildman–Crippen MR) is 103 cm³/mol. The van der Waals surface area contributed by atoms with Gasteiger partial charge in [0, 0.05) is 18.7 Å². The van der Waals surface area contributed by atoms with Crippen molar-refractivity contribution in [1.29, 1.82) is 0 Å². The Morgan fingerprint density at radius 3 is 2.50 bits per heavy atom. The van der Waals surface area contributed by atoms with Gasteiger partial charge in [-0.3, -0.25) is 9.52 Å². The van der Waals surface area contributed by atoms with Crippen molar-refractivity contribution in [3.8, 4) is 0 Å². The fourth-order valence-electron chi connectivity index (χ4n) is 3.01. The highest BCUT2D eigenvalue weighted by atomic mass is 35.5. The summed E-state index contributed by atoms with van der Waals surface area (Å²) in [6.45, 7) is 5.16. The van der Waals surface area contributed by atoms with Crippen LogP contribution < -0.4 is 4.72 Å². The molecule has 3 rings (SSSR count). The monoisotopic (exact) mass is 392 g/mol. The lowest BCUT2D eigenvalue weighted by Crippen LogP contribution is -2.27. The standard InChI is InChI=1S/C19H21ClN2O3S/c1-13-6-5-7-17(14(13)2)21-26(24,25)18-12-15(8-9-16(18)20)19(23)22-10-3-4-11-22/h5-9,12,21H,3-4,10-11H2,1-2H3. The fourth-order valence-corrected chi connectivity index (χ4v) is 4.66. The molecule has 0 radical (unpaired) electrons. The number of anilines is 1. The van der Waals surface area contributed by atoms with Gasteiger partial charge in [0.1, 0.15) is 4.90 Å². The lowest BCUT2D eigenvalue weighted by atomic mass is 10.1. The number of carbonyl (C=O) groups excluding carboxylic acids is 1. The van der Waals surface area contributed by atoms with E-state index < -0.39 is 10.0 Å². The first-order valence-corrected chi connectivity index (χ1v) is 10.3. The molecule has 2 aromatic carbocycles. The molecular weight excluding hydrogens is 372 g/mol. The molecule has 1 fully saturated rings.